The molecule has 0 bridgehead atoms. The van der Waals surface area contributed by atoms with Crippen molar-refractivity contribution in [3.05, 3.63) is 29.3 Å². The second-order valence-corrected chi connectivity index (χ2v) is 6.89. The monoisotopic (exact) mass is 352 g/mol. The van der Waals surface area contributed by atoms with Gasteiger partial charge >= 0.3 is 0 Å². The van der Waals surface area contributed by atoms with E-state index < -0.39 is 6.10 Å². The molecule has 2 fully saturated rings. The molecule has 1 amide bonds. The zero-order valence-corrected chi connectivity index (χ0v) is 14.5. The topological polar surface area (TPSA) is 67.8 Å². The SMILES string of the molecule is O=C(NCCN1CCN(c2cccc(Cl)c2)CC1)C1CC(O)CN1. The fraction of sp³-hybridized carbons (Fsp3) is 0.588. The molecule has 0 aliphatic carbocycles. The number of halogens is 1. The van der Waals surface area contributed by atoms with Crippen LogP contribution in [-0.4, -0.2) is 73.9 Å². The minimum absolute atomic E-state index is 0.0101. The van der Waals surface area contributed by atoms with Gasteiger partial charge in [0.15, 0.2) is 0 Å². The van der Waals surface area contributed by atoms with Crippen LogP contribution >= 0.6 is 11.6 Å². The number of piperazine rings is 1. The molecule has 1 aromatic rings. The van der Waals surface area contributed by atoms with Crippen molar-refractivity contribution in [3.63, 3.8) is 0 Å². The summed E-state index contributed by atoms with van der Waals surface area (Å²) >= 11 is 6.06. The Hall–Kier alpha value is -1.34. The fourth-order valence-electron chi connectivity index (χ4n) is 3.28. The lowest BCUT2D eigenvalue weighted by Gasteiger charge is -2.36. The van der Waals surface area contributed by atoms with Gasteiger partial charge in [0, 0.05) is 56.5 Å². The van der Waals surface area contributed by atoms with Crippen LogP contribution in [0.15, 0.2) is 24.3 Å². The third-order valence-electron chi connectivity index (χ3n) is 4.70. The summed E-state index contributed by atoms with van der Waals surface area (Å²) < 4.78 is 0. The van der Waals surface area contributed by atoms with Crippen molar-refractivity contribution in [2.24, 2.45) is 0 Å². The Bertz CT molecular complexity index is 563. The van der Waals surface area contributed by atoms with Crippen molar-refractivity contribution in [3.8, 4) is 0 Å². The number of amides is 1. The van der Waals surface area contributed by atoms with Crippen LogP contribution in [0.1, 0.15) is 6.42 Å². The van der Waals surface area contributed by atoms with Crippen LogP contribution in [0.3, 0.4) is 0 Å². The van der Waals surface area contributed by atoms with Crippen molar-refractivity contribution in [1.82, 2.24) is 15.5 Å². The van der Waals surface area contributed by atoms with Crippen molar-refractivity contribution < 1.29 is 9.90 Å². The molecule has 24 heavy (non-hydrogen) atoms. The number of benzene rings is 1. The van der Waals surface area contributed by atoms with Crippen LogP contribution < -0.4 is 15.5 Å². The van der Waals surface area contributed by atoms with Gasteiger partial charge in [0.1, 0.15) is 0 Å². The molecule has 3 rings (SSSR count). The molecule has 2 aliphatic heterocycles. The van der Waals surface area contributed by atoms with Crippen LogP contribution in [-0.2, 0) is 4.79 Å². The van der Waals surface area contributed by atoms with Crippen molar-refractivity contribution >= 4 is 23.2 Å². The number of nitrogens with one attached hydrogen (secondary N) is 2. The molecule has 1 aromatic carbocycles. The predicted molar refractivity (Wildman–Crippen MR) is 95.5 cm³/mol. The first kappa shape index (κ1) is 17.5. The van der Waals surface area contributed by atoms with Gasteiger partial charge in [-0.2, -0.15) is 0 Å². The van der Waals surface area contributed by atoms with Gasteiger partial charge in [-0.05, 0) is 24.6 Å². The molecule has 6 nitrogen and oxygen atoms in total. The van der Waals surface area contributed by atoms with E-state index in [4.69, 9.17) is 11.6 Å². The highest BCUT2D eigenvalue weighted by molar-refractivity contribution is 6.30. The van der Waals surface area contributed by atoms with Crippen molar-refractivity contribution in [1.29, 1.82) is 0 Å². The lowest BCUT2D eigenvalue weighted by molar-refractivity contribution is -0.123. The number of β-amino-alcohol motifs (C(OH)–C–C–N with tert-alkyl or cyclic N) is 1. The van der Waals surface area contributed by atoms with E-state index in [9.17, 15) is 9.90 Å². The van der Waals surface area contributed by atoms with Crippen molar-refractivity contribution in [2.75, 3.05) is 50.7 Å². The average Bonchev–Trinajstić information content (AvgIpc) is 3.02. The second-order valence-electron chi connectivity index (χ2n) is 6.45. The van der Waals surface area contributed by atoms with Gasteiger partial charge in [0.25, 0.3) is 0 Å². The molecule has 2 saturated heterocycles. The first-order valence-electron chi connectivity index (χ1n) is 8.54. The number of aliphatic hydroxyl groups is 1. The molecule has 0 aromatic heterocycles. The minimum Gasteiger partial charge on any atom is -0.392 e. The summed E-state index contributed by atoms with van der Waals surface area (Å²) in [4.78, 5) is 16.7. The van der Waals surface area contributed by atoms with Crippen LogP contribution in [0.2, 0.25) is 5.02 Å². The Morgan fingerprint density at radius 3 is 2.79 bits per heavy atom. The van der Waals surface area contributed by atoms with Gasteiger partial charge in [-0.25, -0.2) is 0 Å². The number of nitrogens with zero attached hydrogens (tertiary/aromatic N) is 2. The number of hydrogen-bond donors (Lipinski definition) is 3. The predicted octanol–water partition coefficient (Wildman–Crippen LogP) is 0.301. The highest BCUT2D eigenvalue weighted by Gasteiger charge is 2.27. The number of carbonyl (C=O) groups excluding carboxylic acids is 1. The summed E-state index contributed by atoms with van der Waals surface area (Å²) in [7, 11) is 0. The zero-order chi connectivity index (χ0) is 16.9. The average molecular weight is 353 g/mol. The summed E-state index contributed by atoms with van der Waals surface area (Å²) in [6.45, 7) is 5.87. The normalized spacial score (nSPS) is 25.0. The Balaban J connectivity index is 1.36. The second kappa shape index (κ2) is 8.16. The molecular weight excluding hydrogens is 328 g/mol. The smallest absolute Gasteiger partial charge is 0.237 e. The van der Waals surface area contributed by atoms with Crippen LogP contribution in [0.25, 0.3) is 0 Å². The van der Waals surface area contributed by atoms with Gasteiger partial charge in [0.2, 0.25) is 5.91 Å². The summed E-state index contributed by atoms with van der Waals surface area (Å²) in [5.74, 6) is -0.0101. The standard InChI is InChI=1S/C17H25ClN4O2/c18-13-2-1-3-14(10-13)22-8-6-21(7-9-22)5-4-19-17(24)16-11-15(23)12-20-16/h1-3,10,15-16,20,23H,4-9,11-12H2,(H,19,24). The summed E-state index contributed by atoms with van der Waals surface area (Å²) in [6.07, 6.45) is 0.102. The summed E-state index contributed by atoms with van der Waals surface area (Å²) in [5.41, 5.74) is 1.17. The van der Waals surface area contributed by atoms with Gasteiger partial charge in [0.05, 0.1) is 12.1 Å². The molecule has 0 spiro atoms. The van der Waals surface area contributed by atoms with E-state index in [0.29, 0.717) is 19.5 Å². The number of hydrogen-bond acceptors (Lipinski definition) is 5. The van der Waals surface area contributed by atoms with E-state index in [0.717, 1.165) is 37.7 Å². The maximum Gasteiger partial charge on any atom is 0.237 e. The first-order chi connectivity index (χ1) is 11.6. The maximum absolute atomic E-state index is 12.0. The van der Waals surface area contributed by atoms with Gasteiger partial charge in [-0.1, -0.05) is 17.7 Å². The maximum atomic E-state index is 12.0. The zero-order valence-electron chi connectivity index (χ0n) is 13.7. The van der Waals surface area contributed by atoms with E-state index in [1.807, 2.05) is 18.2 Å². The van der Waals surface area contributed by atoms with Crippen LogP contribution in [0.5, 0.6) is 0 Å². The Kier molecular flexibility index (Phi) is 5.94. The molecule has 2 unspecified atom stereocenters. The van der Waals surface area contributed by atoms with E-state index >= 15 is 0 Å². The molecule has 132 valence electrons. The van der Waals surface area contributed by atoms with Crippen LogP contribution in [0, 0.1) is 0 Å². The Labute approximate surface area is 147 Å². The van der Waals surface area contributed by atoms with Gasteiger partial charge < -0.3 is 20.6 Å². The highest BCUT2D eigenvalue weighted by atomic mass is 35.5. The lowest BCUT2D eigenvalue weighted by atomic mass is 10.2. The lowest BCUT2D eigenvalue weighted by Crippen LogP contribution is -2.49. The number of aliphatic hydroxyl groups excluding tert-OH is 1. The third kappa shape index (κ3) is 4.60. The Morgan fingerprint density at radius 1 is 1.33 bits per heavy atom. The highest BCUT2D eigenvalue weighted by Crippen LogP contribution is 2.20. The Morgan fingerprint density at radius 2 is 2.12 bits per heavy atom. The van der Waals surface area contributed by atoms with Gasteiger partial charge in [-0.3, -0.25) is 9.69 Å². The van der Waals surface area contributed by atoms with Crippen LogP contribution in [0.4, 0.5) is 5.69 Å². The summed E-state index contributed by atoms with van der Waals surface area (Å²) in [5, 5.41) is 16.2. The molecule has 0 radical (unpaired) electrons. The van der Waals surface area contributed by atoms with E-state index in [1.54, 1.807) is 0 Å². The van der Waals surface area contributed by atoms with Gasteiger partial charge in [-0.15, -0.1) is 0 Å². The molecular formula is C17H25ClN4O2. The number of anilines is 1. The molecule has 3 N–H and O–H groups in total. The molecule has 7 heteroatoms. The summed E-state index contributed by atoms with van der Waals surface area (Å²) in [6, 6.07) is 7.71. The largest absolute Gasteiger partial charge is 0.392 e. The molecule has 2 aliphatic rings. The van der Waals surface area contributed by atoms with E-state index in [2.05, 4.69) is 26.5 Å². The third-order valence-corrected chi connectivity index (χ3v) is 4.93. The molecule has 0 saturated carbocycles. The van der Waals surface area contributed by atoms with E-state index in [-0.39, 0.29) is 11.9 Å². The molecule has 2 heterocycles. The van der Waals surface area contributed by atoms with E-state index in [1.165, 1.54) is 5.69 Å². The minimum atomic E-state index is -0.402. The quantitative estimate of drug-likeness (QED) is 0.711. The number of carbonyl (C=O) groups is 1. The number of rotatable bonds is 5. The fourth-order valence-corrected chi connectivity index (χ4v) is 3.46. The first-order valence-corrected chi connectivity index (χ1v) is 8.91. The molecule has 2 atom stereocenters. The van der Waals surface area contributed by atoms with Crippen molar-refractivity contribution in [2.45, 2.75) is 18.6 Å².